The molecule has 0 saturated carbocycles. The molecule has 1 atom stereocenters. The van der Waals surface area contributed by atoms with E-state index in [-0.39, 0.29) is 23.0 Å². The number of aliphatic carboxylic acids is 1. The third-order valence-corrected chi connectivity index (χ3v) is 4.29. The molecule has 0 saturated heterocycles. The molecule has 0 fully saturated rings. The highest BCUT2D eigenvalue weighted by molar-refractivity contribution is 6.00. The summed E-state index contributed by atoms with van der Waals surface area (Å²) in [4.78, 5) is 27.3. The van der Waals surface area contributed by atoms with Crippen molar-refractivity contribution in [1.29, 1.82) is 0 Å². The minimum absolute atomic E-state index is 0.0206. The zero-order valence-corrected chi connectivity index (χ0v) is 14.8. The number of hydrogen-bond donors (Lipinski definition) is 2. The zero-order valence-electron chi connectivity index (χ0n) is 14.8. The number of carboxylic acid groups (broad SMARTS) is 1. The fourth-order valence-corrected chi connectivity index (χ4v) is 2.58. The highest BCUT2D eigenvalue weighted by Crippen LogP contribution is 2.34. The van der Waals surface area contributed by atoms with Crippen LogP contribution in [0.5, 0.6) is 0 Å². The van der Waals surface area contributed by atoms with Gasteiger partial charge in [-0.25, -0.2) is 9.78 Å². The predicted molar refractivity (Wildman–Crippen MR) is 88.9 cm³/mol. The number of imidazole rings is 1. The standard InChI is InChI=1S/C17H20F3N3O3/c1-5-16(4,15(25)26)22-13(24)10-6-7-12-11(8-10)21-14(17(18,19)20)23(12)9(2)3/h6-9H,5H2,1-4H3,(H,22,24)(H,25,26). The molecule has 1 aromatic carbocycles. The molecule has 6 nitrogen and oxygen atoms in total. The second-order valence-electron chi connectivity index (χ2n) is 6.55. The number of benzene rings is 1. The molecule has 0 aliphatic carbocycles. The first-order valence-electron chi connectivity index (χ1n) is 8.05. The van der Waals surface area contributed by atoms with Crippen LogP contribution in [0.2, 0.25) is 0 Å². The maximum absolute atomic E-state index is 13.2. The number of carboxylic acids is 1. The van der Waals surface area contributed by atoms with E-state index >= 15 is 0 Å². The molecule has 142 valence electrons. The van der Waals surface area contributed by atoms with Gasteiger partial charge in [-0.1, -0.05) is 6.92 Å². The summed E-state index contributed by atoms with van der Waals surface area (Å²) in [5.74, 6) is -2.92. The van der Waals surface area contributed by atoms with E-state index < -0.39 is 35.5 Å². The highest BCUT2D eigenvalue weighted by atomic mass is 19.4. The van der Waals surface area contributed by atoms with Crippen LogP contribution in [-0.2, 0) is 11.0 Å². The number of nitrogens with zero attached hydrogens (tertiary/aromatic N) is 2. The number of fused-ring (bicyclic) bond motifs is 1. The molecule has 0 aliphatic rings. The number of hydrogen-bond acceptors (Lipinski definition) is 3. The normalized spacial score (nSPS) is 14.5. The Hall–Kier alpha value is -2.58. The lowest BCUT2D eigenvalue weighted by Gasteiger charge is -2.24. The maximum atomic E-state index is 13.2. The lowest BCUT2D eigenvalue weighted by atomic mass is 9.98. The second kappa shape index (κ2) is 6.62. The largest absolute Gasteiger partial charge is 0.480 e. The number of aromatic nitrogens is 2. The van der Waals surface area contributed by atoms with E-state index in [9.17, 15) is 27.9 Å². The molecule has 0 spiro atoms. The molecule has 0 bridgehead atoms. The van der Waals surface area contributed by atoms with E-state index in [0.717, 1.165) is 4.57 Å². The van der Waals surface area contributed by atoms with Gasteiger partial charge in [0, 0.05) is 11.6 Å². The molecular formula is C17H20F3N3O3. The van der Waals surface area contributed by atoms with Crippen LogP contribution in [0, 0.1) is 0 Å². The van der Waals surface area contributed by atoms with Gasteiger partial charge in [-0.15, -0.1) is 0 Å². The van der Waals surface area contributed by atoms with Gasteiger partial charge in [0.05, 0.1) is 11.0 Å². The van der Waals surface area contributed by atoms with E-state index in [1.165, 1.54) is 25.1 Å². The van der Waals surface area contributed by atoms with Crippen molar-refractivity contribution in [3.05, 3.63) is 29.6 Å². The molecule has 26 heavy (non-hydrogen) atoms. The summed E-state index contributed by atoms with van der Waals surface area (Å²) in [7, 11) is 0. The van der Waals surface area contributed by atoms with Gasteiger partial charge in [0.1, 0.15) is 5.54 Å². The summed E-state index contributed by atoms with van der Waals surface area (Å²) in [6, 6.07) is 3.50. The Morgan fingerprint density at radius 2 is 1.92 bits per heavy atom. The van der Waals surface area contributed by atoms with Gasteiger partial charge in [0.2, 0.25) is 5.82 Å². The smallest absolute Gasteiger partial charge is 0.449 e. The molecule has 1 unspecified atom stereocenters. The molecule has 9 heteroatoms. The van der Waals surface area contributed by atoms with Crippen LogP contribution in [0.3, 0.4) is 0 Å². The van der Waals surface area contributed by atoms with Crippen LogP contribution in [0.15, 0.2) is 18.2 Å². The van der Waals surface area contributed by atoms with Gasteiger partial charge >= 0.3 is 12.1 Å². The number of carbonyl (C=O) groups excluding carboxylic acids is 1. The summed E-state index contributed by atoms with van der Waals surface area (Å²) < 4.78 is 40.8. The first-order valence-corrected chi connectivity index (χ1v) is 8.05. The number of rotatable bonds is 5. The minimum Gasteiger partial charge on any atom is -0.480 e. The fraction of sp³-hybridized carbons (Fsp3) is 0.471. The summed E-state index contributed by atoms with van der Waals surface area (Å²) in [6.07, 6.45) is -4.48. The average molecular weight is 371 g/mol. The molecule has 2 rings (SSSR count). The Balaban J connectivity index is 2.50. The van der Waals surface area contributed by atoms with Crippen molar-refractivity contribution < 1.29 is 27.9 Å². The monoisotopic (exact) mass is 371 g/mol. The van der Waals surface area contributed by atoms with Crippen molar-refractivity contribution in [1.82, 2.24) is 14.9 Å². The van der Waals surface area contributed by atoms with E-state index in [0.29, 0.717) is 0 Å². The van der Waals surface area contributed by atoms with E-state index in [4.69, 9.17) is 0 Å². The SMILES string of the molecule is CCC(C)(NC(=O)c1ccc2c(c1)nc(C(F)(F)F)n2C(C)C)C(=O)O. The second-order valence-corrected chi connectivity index (χ2v) is 6.55. The lowest BCUT2D eigenvalue weighted by molar-refractivity contribution is -0.147. The number of nitrogens with one attached hydrogen (secondary N) is 1. The Bertz CT molecular complexity index is 858. The summed E-state index contributed by atoms with van der Waals surface area (Å²) in [5.41, 5.74) is -1.16. The fourth-order valence-electron chi connectivity index (χ4n) is 2.58. The number of halogens is 3. The maximum Gasteiger partial charge on any atom is 0.449 e. The summed E-state index contributed by atoms with van der Waals surface area (Å²) >= 11 is 0. The third-order valence-electron chi connectivity index (χ3n) is 4.29. The van der Waals surface area contributed by atoms with Crippen molar-refractivity contribution in [3.8, 4) is 0 Å². The topological polar surface area (TPSA) is 84.2 Å². The average Bonchev–Trinajstić information content (AvgIpc) is 2.93. The Morgan fingerprint density at radius 1 is 1.31 bits per heavy atom. The first-order chi connectivity index (χ1) is 11.9. The molecule has 1 heterocycles. The van der Waals surface area contributed by atoms with Crippen LogP contribution in [-0.4, -0.2) is 32.1 Å². The van der Waals surface area contributed by atoms with Gasteiger partial charge in [-0.3, -0.25) is 4.79 Å². The zero-order chi connectivity index (χ0) is 19.9. The highest BCUT2D eigenvalue weighted by Gasteiger charge is 2.38. The third kappa shape index (κ3) is 3.51. The summed E-state index contributed by atoms with van der Waals surface area (Å²) in [6.45, 7) is 6.19. The molecule has 1 amide bonds. The molecular weight excluding hydrogens is 351 g/mol. The van der Waals surface area contributed by atoms with Crippen molar-refractivity contribution in [2.75, 3.05) is 0 Å². The number of carbonyl (C=O) groups is 2. The van der Waals surface area contributed by atoms with E-state index in [1.807, 2.05) is 0 Å². The van der Waals surface area contributed by atoms with Crippen LogP contribution < -0.4 is 5.32 Å². The Kier molecular flexibility index (Phi) is 5.03. The molecule has 0 aliphatic heterocycles. The van der Waals surface area contributed by atoms with Gasteiger partial charge in [-0.2, -0.15) is 13.2 Å². The van der Waals surface area contributed by atoms with Crippen LogP contribution in [0.1, 0.15) is 56.3 Å². The quantitative estimate of drug-likeness (QED) is 0.841. The van der Waals surface area contributed by atoms with Crippen molar-refractivity contribution in [2.24, 2.45) is 0 Å². The van der Waals surface area contributed by atoms with Crippen LogP contribution in [0.25, 0.3) is 11.0 Å². The molecule has 1 aromatic heterocycles. The summed E-state index contributed by atoms with van der Waals surface area (Å²) in [5, 5.41) is 11.6. The van der Waals surface area contributed by atoms with Crippen molar-refractivity contribution >= 4 is 22.9 Å². The minimum atomic E-state index is -4.63. The number of amides is 1. The predicted octanol–water partition coefficient (Wildman–Crippen LogP) is 3.62. The van der Waals surface area contributed by atoms with Gasteiger partial charge in [-0.05, 0) is 45.4 Å². The van der Waals surface area contributed by atoms with Crippen molar-refractivity contribution in [2.45, 2.75) is 51.9 Å². The van der Waals surface area contributed by atoms with Crippen LogP contribution >= 0.6 is 0 Å². The van der Waals surface area contributed by atoms with Crippen LogP contribution in [0.4, 0.5) is 13.2 Å². The first kappa shape index (κ1) is 19.7. The Labute approximate surface area is 148 Å². The molecule has 2 N–H and O–H groups in total. The Morgan fingerprint density at radius 3 is 2.38 bits per heavy atom. The number of alkyl halides is 3. The van der Waals surface area contributed by atoms with E-state index in [2.05, 4.69) is 10.3 Å². The van der Waals surface area contributed by atoms with E-state index in [1.54, 1.807) is 20.8 Å². The van der Waals surface area contributed by atoms with Gasteiger partial charge in [0.15, 0.2) is 0 Å². The molecule has 2 aromatic rings. The van der Waals surface area contributed by atoms with Gasteiger partial charge in [0.25, 0.3) is 5.91 Å². The lowest BCUT2D eigenvalue weighted by Crippen LogP contribution is -2.51. The van der Waals surface area contributed by atoms with Crippen molar-refractivity contribution in [3.63, 3.8) is 0 Å². The molecule has 0 radical (unpaired) electrons. The van der Waals surface area contributed by atoms with Gasteiger partial charge < -0.3 is 15.0 Å².